The smallest absolute Gasteiger partial charge is 0.337 e. The lowest BCUT2D eigenvalue weighted by atomic mass is 10.1. The molecule has 5 heteroatoms. The number of benzene rings is 2. The summed E-state index contributed by atoms with van der Waals surface area (Å²) in [4.78, 5) is 23.6. The van der Waals surface area contributed by atoms with Gasteiger partial charge in [-0.05, 0) is 36.2 Å². The second-order valence-corrected chi connectivity index (χ2v) is 5.31. The number of carbonyl (C=O) groups is 2. The van der Waals surface area contributed by atoms with Gasteiger partial charge in [0.05, 0.1) is 12.7 Å². The molecule has 2 aromatic rings. The fourth-order valence-electron chi connectivity index (χ4n) is 2.36. The van der Waals surface area contributed by atoms with Crippen molar-refractivity contribution in [2.24, 2.45) is 0 Å². The van der Waals surface area contributed by atoms with E-state index in [0.717, 1.165) is 23.4 Å². The molecule has 126 valence electrons. The highest BCUT2D eigenvalue weighted by molar-refractivity contribution is 5.92. The number of anilines is 2. The molecule has 0 radical (unpaired) electrons. The van der Waals surface area contributed by atoms with E-state index in [2.05, 4.69) is 17.6 Å². The number of aryl methyl sites for hydroxylation is 1. The van der Waals surface area contributed by atoms with Crippen molar-refractivity contribution in [2.75, 3.05) is 24.3 Å². The molecule has 0 saturated carbocycles. The van der Waals surface area contributed by atoms with Crippen LogP contribution >= 0.6 is 0 Å². The Morgan fingerprint density at radius 2 is 1.88 bits per heavy atom. The average Bonchev–Trinajstić information content (AvgIpc) is 2.61. The van der Waals surface area contributed by atoms with Crippen LogP contribution in [0.15, 0.2) is 48.5 Å². The quantitative estimate of drug-likeness (QED) is 0.765. The monoisotopic (exact) mass is 326 g/mol. The zero-order valence-corrected chi connectivity index (χ0v) is 14.0. The Balaban J connectivity index is 1.85. The molecule has 1 amide bonds. The van der Waals surface area contributed by atoms with Crippen molar-refractivity contribution >= 4 is 23.3 Å². The molecule has 0 bridgehead atoms. The van der Waals surface area contributed by atoms with E-state index in [1.807, 2.05) is 30.3 Å². The number of hydrogen-bond donors (Lipinski definition) is 2. The molecule has 5 nitrogen and oxygen atoms in total. The molecule has 0 aliphatic carbocycles. The minimum atomic E-state index is -0.382. The maximum absolute atomic E-state index is 12.1. The van der Waals surface area contributed by atoms with E-state index in [9.17, 15) is 9.59 Å². The van der Waals surface area contributed by atoms with E-state index in [0.29, 0.717) is 18.5 Å². The third-order valence-electron chi connectivity index (χ3n) is 3.64. The Kier molecular flexibility index (Phi) is 6.37. The highest BCUT2D eigenvalue weighted by Crippen LogP contribution is 2.16. The van der Waals surface area contributed by atoms with E-state index in [-0.39, 0.29) is 11.9 Å². The van der Waals surface area contributed by atoms with E-state index >= 15 is 0 Å². The molecule has 0 aliphatic rings. The Labute approximate surface area is 142 Å². The van der Waals surface area contributed by atoms with Crippen LogP contribution in [-0.4, -0.2) is 25.5 Å². The topological polar surface area (TPSA) is 67.4 Å². The van der Waals surface area contributed by atoms with Gasteiger partial charge < -0.3 is 15.4 Å². The van der Waals surface area contributed by atoms with Crippen LogP contribution in [0.1, 0.15) is 29.3 Å². The molecule has 0 heterocycles. The van der Waals surface area contributed by atoms with Crippen molar-refractivity contribution in [3.63, 3.8) is 0 Å². The van der Waals surface area contributed by atoms with Crippen LogP contribution in [0.2, 0.25) is 0 Å². The second-order valence-electron chi connectivity index (χ2n) is 5.31. The number of hydrogen-bond acceptors (Lipinski definition) is 4. The number of para-hydroxylation sites is 1. The van der Waals surface area contributed by atoms with E-state index < -0.39 is 0 Å². The molecule has 0 atom stereocenters. The number of carbonyl (C=O) groups excluding carboxylic acids is 2. The maximum Gasteiger partial charge on any atom is 0.337 e. The van der Waals surface area contributed by atoms with Crippen LogP contribution in [0.4, 0.5) is 11.4 Å². The molecular formula is C19H22N2O3. The van der Waals surface area contributed by atoms with Gasteiger partial charge in [0, 0.05) is 24.3 Å². The number of rotatable bonds is 7. The van der Waals surface area contributed by atoms with Gasteiger partial charge in [-0.25, -0.2) is 4.79 Å². The molecular weight excluding hydrogens is 304 g/mol. The van der Waals surface area contributed by atoms with Crippen molar-refractivity contribution in [1.29, 1.82) is 0 Å². The SMILES string of the molecule is CCc1ccccc1NC(=O)CCNc1cccc(C(=O)OC)c1. The van der Waals surface area contributed by atoms with Crippen LogP contribution in [0.3, 0.4) is 0 Å². The largest absolute Gasteiger partial charge is 0.465 e. The molecule has 2 N–H and O–H groups in total. The number of amides is 1. The zero-order valence-electron chi connectivity index (χ0n) is 14.0. The van der Waals surface area contributed by atoms with Crippen LogP contribution in [0, 0.1) is 0 Å². The summed E-state index contributed by atoms with van der Waals surface area (Å²) >= 11 is 0. The third kappa shape index (κ3) is 4.84. The van der Waals surface area contributed by atoms with Gasteiger partial charge in [0.2, 0.25) is 5.91 Å². The normalized spacial score (nSPS) is 10.1. The minimum Gasteiger partial charge on any atom is -0.465 e. The van der Waals surface area contributed by atoms with Gasteiger partial charge in [0.1, 0.15) is 0 Å². The van der Waals surface area contributed by atoms with Gasteiger partial charge in [0.25, 0.3) is 0 Å². The first-order valence-corrected chi connectivity index (χ1v) is 7.94. The van der Waals surface area contributed by atoms with Crippen molar-refractivity contribution in [3.8, 4) is 0 Å². The summed E-state index contributed by atoms with van der Waals surface area (Å²) in [6, 6.07) is 14.8. The van der Waals surface area contributed by atoms with Crippen LogP contribution in [0.25, 0.3) is 0 Å². The lowest BCUT2D eigenvalue weighted by molar-refractivity contribution is -0.115. The summed E-state index contributed by atoms with van der Waals surface area (Å²) in [5.74, 6) is -0.430. The van der Waals surface area contributed by atoms with Gasteiger partial charge >= 0.3 is 5.97 Å². The van der Waals surface area contributed by atoms with Gasteiger partial charge in [-0.3, -0.25) is 4.79 Å². The van der Waals surface area contributed by atoms with Crippen LogP contribution in [0.5, 0.6) is 0 Å². The van der Waals surface area contributed by atoms with Crippen LogP contribution in [-0.2, 0) is 16.0 Å². The van der Waals surface area contributed by atoms with Gasteiger partial charge in [0.15, 0.2) is 0 Å². The van der Waals surface area contributed by atoms with Crippen LogP contribution < -0.4 is 10.6 Å². The molecule has 0 fully saturated rings. The van der Waals surface area contributed by atoms with Gasteiger partial charge in [-0.2, -0.15) is 0 Å². The molecule has 0 aliphatic heterocycles. The van der Waals surface area contributed by atoms with E-state index in [4.69, 9.17) is 4.74 Å². The maximum atomic E-state index is 12.1. The molecule has 2 rings (SSSR count). The molecule has 2 aromatic carbocycles. The van der Waals surface area contributed by atoms with Gasteiger partial charge in [-0.1, -0.05) is 31.2 Å². The number of methoxy groups -OCH3 is 1. The van der Waals surface area contributed by atoms with Crippen molar-refractivity contribution < 1.29 is 14.3 Å². The highest BCUT2D eigenvalue weighted by atomic mass is 16.5. The van der Waals surface area contributed by atoms with E-state index in [1.54, 1.807) is 18.2 Å². The lowest BCUT2D eigenvalue weighted by Crippen LogP contribution is -2.17. The first-order chi connectivity index (χ1) is 11.6. The highest BCUT2D eigenvalue weighted by Gasteiger charge is 2.07. The molecule has 24 heavy (non-hydrogen) atoms. The summed E-state index contributed by atoms with van der Waals surface area (Å²) in [7, 11) is 1.35. The summed E-state index contributed by atoms with van der Waals surface area (Å²) in [5.41, 5.74) is 3.23. The second kappa shape index (κ2) is 8.72. The number of nitrogens with one attached hydrogen (secondary N) is 2. The number of ether oxygens (including phenoxy) is 1. The summed E-state index contributed by atoms with van der Waals surface area (Å²) < 4.78 is 4.69. The molecule has 0 unspecified atom stereocenters. The Morgan fingerprint density at radius 3 is 2.62 bits per heavy atom. The molecule has 0 aromatic heterocycles. The Hall–Kier alpha value is -2.82. The lowest BCUT2D eigenvalue weighted by Gasteiger charge is -2.11. The molecule has 0 spiro atoms. The van der Waals surface area contributed by atoms with E-state index in [1.165, 1.54) is 7.11 Å². The van der Waals surface area contributed by atoms with Crippen molar-refractivity contribution in [1.82, 2.24) is 0 Å². The summed E-state index contributed by atoms with van der Waals surface area (Å²) in [5, 5.41) is 6.07. The average molecular weight is 326 g/mol. The fourth-order valence-corrected chi connectivity index (χ4v) is 2.36. The fraction of sp³-hybridized carbons (Fsp3) is 0.263. The Morgan fingerprint density at radius 1 is 1.08 bits per heavy atom. The third-order valence-corrected chi connectivity index (χ3v) is 3.64. The predicted molar refractivity (Wildman–Crippen MR) is 95.3 cm³/mol. The van der Waals surface area contributed by atoms with Crippen molar-refractivity contribution in [3.05, 3.63) is 59.7 Å². The van der Waals surface area contributed by atoms with Crippen molar-refractivity contribution in [2.45, 2.75) is 19.8 Å². The Bertz CT molecular complexity index is 713. The summed E-state index contributed by atoms with van der Waals surface area (Å²) in [6.45, 7) is 2.53. The predicted octanol–water partition coefficient (Wildman–Crippen LogP) is 3.48. The molecule has 0 saturated heterocycles. The minimum absolute atomic E-state index is 0.0486. The first-order valence-electron chi connectivity index (χ1n) is 7.94. The summed E-state index contributed by atoms with van der Waals surface area (Å²) in [6.07, 6.45) is 1.20. The zero-order chi connectivity index (χ0) is 17.4. The number of esters is 1. The first kappa shape index (κ1) is 17.5. The van der Waals surface area contributed by atoms with Gasteiger partial charge in [-0.15, -0.1) is 0 Å². The standard InChI is InChI=1S/C19H22N2O3/c1-3-14-7-4-5-10-17(14)21-18(22)11-12-20-16-9-6-8-15(13-16)19(23)24-2/h4-10,13,20H,3,11-12H2,1-2H3,(H,21,22).